The van der Waals surface area contributed by atoms with Crippen molar-refractivity contribution in [1.82, 2.24) is 10.2 Å². The Kier molecular flexibility index (Phi) is 5.03. The average Bonchev–Trinajstić information content (AvgIpc) is 2.61. The molecule has 1 amide bonds. The van der Waals surface area contributed by atoms with Gasteiger partial charge in [0.15, 0.2) is 0 Å². The minimum Gasteiger partial charge on any atom is -0.337 e. The lowest BCUT2D eigenvalue weighted by atomic mass is 10.0. The van der Waals surface area contributed by atoms with Gasteiger partial charge in [0.05, 0.1) is 0 Å². The van der Waals surface area contributed by atoms with Crippen LogP contribution in [0.1, 0.15) is 28.8 Å². The summed E-state index contributed by atoms with van der Waals surface area (Å²) in [5.41, 5.74) is 1.80. The Labute approximate surface area is 136 Å². The molecule has 0 bridgehead atoms. The summed E-state index contributed by atoms with van der Waals surface area (Å²) in [4.78, 5) is 14.4. The molecule has 0 radical (unpaired) electrons. The number of piperidine rings is 1. The van der Waals surface area contributed by atoms with Crippen LogP contribution >= 0.6 is 0 Å². The molecule has 1 heterocycles. The van der Waals surface area contributed by atoms with E-state index in [4.69, 9.17) is 0 Å². The molecular formula is C19H21FN2O. The van der Waals surface area contributed by atoms with Gasteiger partial charge in [0.2, 0.25) is 0 Å². The second-order valence-corrected chi connectivity index (χ2v) is 5.96. The van der Waals surface area contributed by atoms with Crippen molar-refractivity contribution in [3.05, 3.63) is 71.5 Å². The van der Waals surface area contributed by atoms with Gasteiger partial charge in [-0.15, -0.1) is 0 Å². The predicted octanol–water partition coefficient (Wildman–Crippen LogP) is 3.22. The summed E-state index contributed by atoms with van der Waals surface area (Å²) in [6, 6.07) is 16.3. The molecular weight excluding hydrogens is 291 g/mol. The molecule has 0 aromatic heterocycles. The molecule has 0 spiro atoms. The van der Waals surface area contributed by atoms with Gasteiger partial charge in [-0.2, -0.15) is 0 Å². The van der Waals surface area contributed by atoms with Crippen LogP contribution in [0.4, 0.5) is 4.39 Å². The molecule has 1 saturated heterocycles. The molecule has 2 aromatic rings. The molecule has 1 N–H and O–H groups in total. The number of benzene rings is 2. The van der Waals surface area contributed by atoms with Crippen molar-refractivity contribution in [3.8, 4) is 0 Å². The fourth-order valence-corrected chi connectivity index (χ4v) is 2.96. The third-order valence-corrected chi connectivity index (χ3v) is 4.24. The van der Waals surface area contributed by atoms with E-state index < -0.39 is 0 Å². The Morgan fingerprint density at radius 1 is 1.13 bits per heavy atom. The molecule has 3 rings (SSSR count). The number of carbonyl (C=O) groups excluding carboxylic acids is 1. The summed E-state index contributed by atoms with van der Waals surface area (Å²) in [7, 11) is 0. The lowest BCUT2D eigenvalue weighted by Crippen LogP contribution is -2.47. The first-order valence-corrected chi connectivity index (χ1v) is 8.04. The van der Waals surface area contributed by atoms with E-state index in [9.17, 15) is 9.18 Å². The van der Waals surface area contributed by atoms with Crippen LogP contribution in [-0.4, -0.2) is 29.9 Å². The molecule has 1 aliphatic rings. The monoisotopic (exact) mass is 312 g/mol. The Balaban J connectivity index is 1.57. The molecule has 23 heavy (non-hydrogen) atoms. The highest BCUT2D eigenvalue weighted by molar-refractivity contribution is 5.94. The van der Waals surface area contributed by atoms with Crippen molar-refractivity contribution in [1.29, 1.82) is 0 Å². The first-order valence-electron chi connectivity index (χ1n) is 8.04. The first kappa shape index (κ1) is 15.7. The van der Waals surface area contributed by atoms with E-state index in [2.05, 4.69) is 17.4 Å². The Hall–Kier alpha value is -2.20. The maximum atomic E-state index is 13.0. The van der Waals surface area contributed by atoms with Gasteiger partial charge in [-0.3, -0.25) is 4.79 Å². The molecule has 4 heteroatoms. The third kappa shape index (κ3) is 4.17. The van der Waals surface area contributed by atoms with E-state index in [0.717, 1.165) is 25.9 Å². The Bertz CT molecular complexity index is 642. The average molecular weight is 312 g/mol. The van der Waals surface area contributed by atoms with Crippen molar-refractivity contribution >= 4 is 5.91 Å². The maximum absolute atomic E-state index is 13.0. The molecule has 1 unspecified atom stereocenters. The van der Waals surface area contributed by atoms with Crippen molar-refractivity contribution in [2.24, 2.45) is 0 Å². The second kappa shape index (κ2) is 7.38. The van der Waals surface area contributed by atoms with E-state index in [1.165, 1.54) is 17.7 Å². The number of halogens is 1. The van der Waals surface area contributed by atoms with Crippen LogP contribution in [0.5, 0.6) is 0 Å². The van der Waals surface area contributed by atoms with Crippen LogP contribution in [0.2, 0.25) is 0 Å². The van der Waals surface area contributed by atoms with Crippen LogP contribution in [0.15, 0.2) is 54.6 Å². The number of hydrogen-bond donors (Lipinski definition) is 1. The van der Waals surface area contributed by atoms with Crippen LogP contribution in [-0.2, 0) is 6.54 Å². The van der Waals surface area contributed by atoms with Crippen LogP contribution < -0.4 is 5.32 Å². The smallest absolute Gasteiger partial charge is 0.253 e. The number of likely N-dealkylation sites (tertiary alicyclic amines) is 1. The molecule has 1 aliphatic heterocycles. The van der Waals surface area contributed by atoms with Gasteiger partial charge in [-0.1, -0.05) is 30.3 Å². The van der Waals surface area contributed by atoms with Gasteiger partial charge >= 0.3 is 0 Å². The number of hydrogen-bond acceptors (Lipinski definition) is 2. The second-order valence-electron chi connectivity index (χ2n) is 5.96. The fourth-order valence-electron chi connectivity index (χ4n) is 2.96. The largest absolute Gasteiger partial charge is 0.337 e. The number of nitrogens with zero attached hydrogens (tertiary/aromatic N) is 1. The van der Waals surface area contributed by atoms with Crippen LogP contribution in [0.25, 0.3) is 0 Å². The van der Waals surface area contributed by atoms with Crippen molar-refractivity contribution in [3.63, 3.8) is 0 Å². The molecule has 1 fully saturated rings. The van der Waals surface area contributed by atoms with Gasteiger partial charge in [0.1, 0.15) is 5.82 Å². The number of amides is 1. The standard InChI is InChI=1S/C19H21FN2O/c20-17-10-8-16(9-11-17)19(23)22-12-4-7-18(14-22)21-13-15-5-2-1-3-6-15/h1-3,5-6,8-11,18,21H,4,7,12-14H2. The van der Waals surface area contributed by atoms with E-state index in [-0.39, 0.29) is 11.7 Å². The van der Waals surface area contributed by atoms with E-state index in [1.54, 1.807) is 12.1 Å². The quantitative estimate of drug-likeness (QED) is 0.940. The highest BCUT2D eigenvalue weighted by Crippen LogP contribution is 2.15. The molecule has 3 nitrogen and oxygen atoms in total. The molecule has 120 valence electrons. The molecule has 1 atom stereocenters. The van der Waals surface area contributed by atoms with E-state index in [0.29, 0.717) is 18.2 Å². The minimum absolute atomic E-state index is 0.0174. The lowest BCUT2D eigenvalue weighted by Gasteiger charge is -2.33. The zero-order valence-electron chi connectivity index (χ0n) is 13.0. The zero-order chi connectivity index (χ0) is 16.1. The highest BCUT2D eigenvalue weighted by atomic mass is 19.1. The summed E-state index contributed by atoms with van der Waals surface area (Å²) in [5, 5.41) is 3.53. The maximum Gasteiger partial charge on any atom is 0.253 e. The summed E-state index contributed by atoms with van der Waals surface area (Å²) < 4.78 is 13.0. The topological polar surface area (TPSA) is 32.3 Å². The number of carbonyl (C=O) groups is 1. The lowest BCUT2D eigenvalue weighted by molar-refractivity contribution is 0.0694. The summed E-state index contributed by atoms with van der Waals surface area (Å²) in [6.45, 7) is 2.27. The number of nitrogens with one attached hydrogen (secondary N) is 1. The summed E-state index contributed by atoms with van der Waals surface area (Å²) in [6.07, 6.45) is 2.05. The van der Waals surface area contributed by atoms with E-state index in [1.807, 2.05) is 23.1 Å². The van der Waals surface area contributed by atoms with Gasteiger partial charge in [-0.25, -0.2) is 4.39 Å². The molecule has 2 aromatic carbocycles. The van der Waals surface area contributed by atoms with Crippen LogP contribution in [0.3, 0.4) is 0 Å². The third-order valence-electron chi connectivity index (χ3n) is 4.24. The van der Waals surface area contributed by atoms with E-state index >= 15 is 0 Å². The van der Waals surface area contributed by atoms with Crippen molar-refractivity contribution in [2.75, 3.05) is 13.1 Å². The normalized spacial score (nSPS) is 18.0. The molecule has 0 aliphatic carbocycles. The van der Waals surface area contributed by atoms with Gasteiger partial charge in [0, 0.05) is 31.2 Å². The van der Waals surface area contributed by atoms with Gasteiger partial charge in [-0.05, 0) is 42.7 Å². The summed E-state index contributed by atoms with van der Waals surface area (Å²) >= 11 is 0. The molecule has 0 saturated carbocycles. The summed E-state index contributed by atoms with van der Waals surface area (Å²) in [5.74, 6) is -0.334. The minimum atomic E-state index is -0.317. The zero-order valence-corrected chi connectivity index (χ0v) is 13.0. The SMILES string of the molecule is O=C(c1ccc(F)cc1)N1CCCC(NCc2ccccc2)C1. The van der Waals surface area contributed by atoms with Crippen molar-refractivity contribution < 1.29 is 9.18 Å². The van der Waals surface area contributed by atoms with Gasteiger partial charge in [0.25, 0.3) is 5.91 Å². The Morgan fingerprint density at radius 2 is 1.87 bits per heavy atom. The van der Waals surface area contributed by atoms with Crippen molar-refractivity contribution in [2.45, 2.75) is 25.4 Å². The number of rotatable bonds is 4. The predicted molar refractivity (Wildman–Crippen MR) is 88.6 cm³/mol. The first-order chi connectivity index (χ1) is 11.2. The fraction of sp³-hybridized carbons (Fsp3) is 0.316. The van der Waals surface area contributed by atoms with Crippen LogP contribution in [0, 0.1) is 5.82 Å². The van der Waals surface area contributed by atoms with Gasteiger partial charge < -0.3 is 10.2 Å². The Morgan fingerprint density at radius 3 is 2.61 bits per heavy atom. The highest BCUT2D eigenvalue weighted by Gasteiger charge is 2.24.